The molecule has 4 rings (SSSR count). The molecule has 0 spiro atoms. The fraction of sp³-hybridized carbons (Fsp3) is 0.800. The van der Waals surface area contributed by atoms with Gasteiger partial charge < -0.3 is 30.9 Å². The predicted octanol–water partition coefficient (Wildman–Crippen LogP) is 2.25. The maximum Gasteiger partial charge on any atom is 0.315 e. The second-order valence-corrected chi connectivity index (χ2v) is 18.3. The van der Waals surface area contributed by atoms with Crippen molar-refractivity contribution in [2.75, 3.05) is 32.1 Å². The van der Waals surface area contributed by atoms with Crippen LogP contribution in [0.3, 0.4) is 0 Å². The summed E-state index contributed by atoms with van der Waals surface area (Å²) in [6, 6.07) is -3.64. The minimum atomic E-state index is -3.52. The van der Waals surface area contributed by atoms with Crippen LogP contribution in [0, 0.1) is 22.7 Å². The Labute approximate surface area is 291 Å². The molecule has 2 saturated heterocycles. The summed E-state index contributed by atoms with van der Waals surface area (Å²) in [6.45, 7) is 15.6. The Morgan fingerprint density at radius 2 is 1.73 bits per heavy atom. The molecule has 276 valence electrons. The lowest BCUT2D eigenvalue weighted by Gasteiger charge is -2.45. The smallest absolute Gasteiger partial charge is 0.315 e. The average Bonchev–Trinajstić information content (AvgIpc) is 3.33. The van der Waals surface area contributed by atoms with Crippen molar-refractivity contribution >= 4 is 39.4 Å². The van der Waals surface area contributed by atoms with E-state index >= 15 is 0 Å². The highest BCUT2D eigenvalue weighted by molar-refractivity contribution is 7.92. The molecule has 0 bridgehead atoms. The van der Waals surface area contributed by atoms with Crippen LogP contribution in [0.5, 0.6) is 0 Å². The Morgan fingerprint density at radius 3 is 2.33 bits per heavy atom. The van der Waals surface area contributed by atoms with Crippen LogP contribution in [0.1, 0.15) is 92.9 Å². The van der Waals surface area contributed by atoms with Crippen molar-refractivity contribution in [3.05, 3.63) is 12.7 Å². The molecule has 14 heteroatoms. The molecule has 13 nitrogen and oxygen atoms in total. The van der Waals surface area contributed by atoms with Crippen LogP contribution < -0.4 is 21.3 Å². The number of ether oxygens (including phenoxy) is 1. The third-order valence-electron chi connectivity index (χ3n) is 11.2. The largest absolute Gasteiger partial charge is 0.379 e. The van der Waals surface area contributed by atoms with E-state index in [-0.39, 0.29) is 49.2 Å². The number of ketones is 1. The van der Waals surface area contributed by atoms with Gasteiger partial charge in [0.15, 0.2) is 9.84 Å². The van der Waals surface area contributed by atoms with E-state index in [9.17, 15) is 32.4 Å². The van der Waals surface area contributed by atoms with E-state index in [1.807, 2.05) is 41.5 Å². The van der Waals surface area contributed by atoms with Crippen LogP contribution in [0.4, 0.5) is 4.79 Å². The number of hydrogen-bond donors (Lipinski definition) is 4. The summed E-state index contributed by atoms with van der Waals surface area (Å²) < 4.78 is 31.9. The first-order valence-electron chi connectivity index (χ1n) is 17.8. The van der Waals surface area contributed by atoms with Gasteiger partial charge in [0.05, 0.1) is 30.5 Å². The van der Waals surface area contributed by atoms with Crippen molar-refractivity contribution in [3.8, 4) is 0 Å². The highest BCUT2D eigenvalue weighted by atomic mass is 32.2. The van der Waals surface area contributed by atoms with Crippen LogP contribution in [0.15, 0.2) is 12.7 Å². The number of carbonyl (C=O) groups is 5. The van der Waals surface area contributed by atoms with E-state index in [1.54, 1.807) is 0 Å². The van der Waals surface area contributed by atoms with Gasteiger partial charge in [0.25, 0.3) is 5.91 Å². The molecule has 6 atom stereocenters. The van der Waals surface area contributed by atoms with Crippen LogP contribution in [-0.4, -0.2) is 104 Å². The number of carbonyl (C=O) groups excluding carboxylic acids is 5. The summed E-state index contributed by atoms with van der Waals surface area (Å²) in [5, 5.41) is 10.3. The molecule has 2 heterocycles. The van der Waals surface area contributed by atoms with Crippen molar-refractivity contribution < 1.29 is 37.1 Å². The van der Waals surface area contributed by atoms with Crippen LogP contribution in [0.2, 0.25) is 0 Å². The van der Waals surface area contributed by atoms with Gasteiger partial charge in [-0.05, 0) is 41.9 Å². The third kappa shape index (κ3) is 8.32. The summed E-state index contributed by atoms with van der Waals surface area (Å²) in [6.07, 6.45) is 6.52. The Morgan fingerprint density at radius 1 is 1.06 bits per heavy atom. The first-order chi connectivity index (χ1) is 22.9. The Hall–Kier alpha value is -3.00. The van der Waals surface area contributed by atoms with Gasteiger partial charge in [0, 0.05) is 13.1 Å². The van der Waals surface area contributed by atoms with Crippen LogP contribution in [0.25, 0.3) is 0 Å². The number of nitrogens with one attached hydrogen (secondary N) is 4. The number of likely N-dealkylation sites (tertiary alicyclic amines) is 1. The second kappa shape index (κ2) is 15.1. The number of piperidine rings is 1. The molecular formula is C35H57N5O8S. The number of Topliss-reactive ketones (excluding diaryl/α,β-unsaturated/α-hetero) is 1. The number of unbranched alkanes of at least 4 members (excludes halogenated alkanes) is 1. The van der Waals surface area contributed by atoms with Gasteiger partial charge in [-0.3, -0.25) is 19.2 Å². The second-order valence-electron chi connectivity index (χ2n) is 16.0. The maximum atomic E-state index is 14.5. The van der Waals surface area contributed by atoms with Crippen molar-refractivity contribution in [1.29, 1.82) is 0 Å². The first kappa shape index (κ1) is 38.8. The highest BCUT2D eigenvalue weighted by Gasteiger charge is 2.70. The zero-order valence-electron chi connectivity index (χ0n) is 30.1. The first-order valence-corrected chi connectivity index (χ1v) is 19.5. The number of amides is 5. The lowest BCUT2D eigenvalue weighted by molar-refractivity contribution is -0.145. The lowest BCUT2D eigenvalue weighted by atomic mass is 9.79. The fourth-order valence-electron chi connectivity index (χ4n) is 8.19. The Bertz CT molecular complexity index is 1400. The van der Waals surface area contributed by atoms with E-state index in [0.29, 0.717) is 25.8 Å². The molecule has 49 heavy (non-hydrogen) atoms. The molecule has 4 N–H and O–H groups in total. The molecule has 0 aromatic rings. The minimum absolute atomic E-state index is 0.00500. The molecule has 2 aliphatic carbocycles. The molecule has 0 aromatic carbocycles. The molecule has 2 unspecified atom stereocenters. The highest BCUT2D eigenvalue weighted by Crippen LogP contribution is 2.65. The van der Waals surface area contributed by atoms with Gasteiger partial charge in [-0.1, -0.05) is 79.7 Å². The summed E-state index contributed by atoms with van der Waals surface area (Å²) in [5.41, 5.74) is -2.01. The van der Waals surface area contributed by atoms with Gasteiger partial charge in [0.2, 0.25) is 17.6 Å². The average molecular weight is 708 g/mol. The van der Waals surface area contributed by atoms with E-state index in [4.69, 9.17) is 4.74 Å². The molecule has 5 amide bonds. The Kier molecular flexibility index (Phi) is 11.9. The van der Waals surface area contributed by atoms with Gasteiger partial charge in [-0.2, -0.15) is 0 Å². The molecular weight excluding hydrogens is 650 g/mol. The quantitative estimate of drug-likeness (QED) is 0.166. The maximum absolute atomic E-state index is 14.5. The number of urea groups is 1. The van der Waals surface area contributed by atoms with Gasteiger partial charge in [-0.15, -0.1) is 6.58 Å². The monoisotopic (exact) mass is 707 g/mol. The molecule has 0 aromatic heterocycles. The van der Waals surface area contributed by atoms with Crippen molar-refractivity contribution in [2.45, 2.75) is 122 Å². The number of hydrogen-bond acceptors (Lipinski definition) is 8. The summed E-state index contributed by atoms with van der Waals surface area (Å²) >= 11 is 0. The minimum Gasteiger partial charge on any atom is -0.379 e. The van der Waals surface area contributed by atoms with Crippen LogP contribution >= 0.6 is 0 Å². The number of sulfone groups is 1. The molecule has 2 saturated carbocycles. The molecule has 0 radical (unpaired) electrons. The molecule has 4 fully saturated rings. The van der Waals surface area contributed by atoms with Crippen molar-refractivity contribution in [2.24, 2.45) is 22.7 Å². The molecule has 4 aliphatic rings. The fourth-order valence-corrected chi connectivity index (χ4v) is 10.1. The zero-order chi connectivity index (χ0) is 36.4. The van der Waals surface area contributed by atoms with Crippen molar-refractivity contribution in [3.63, 3.8) is 0 Å². The molecule has 2 aliphatic heterocycles. The number of fused-ring (bicyclic) bond motifs is 1. The van der Waals surface area contributed by atoms with Crippen molar-refractivity contribution in [1.82, 2.24) is 26.2 Å². The van der Waals surface area contributed by atoms with Gasteiger partial charge in [-0.25, -0.2) is 13.2 Å². The van der Waals surface area contributed by atoms with E-state index in [0.717, 1.165) is 25.7 Å². The summed E-state index contributed by atoms with van der Waals surface area (Å²) in [4.78, 5) is 69.5. The normalized spacial score (nSPS) is 27.8. The van der Waals surface area contributed by atoms with Gasteiger partial charge >= 0.3 is 6.03 Å². The van der Waals surface area contributed by atoms with E-state index in [1.165, 1.54) is 11.0 Å². The SMILES string of the molecule is C=CCNC(=O)C(=O)[C@H](CCCC)NC(=O)[C@@H]1[C@@H]2C(CN1C(=O)[C@@H](NC(=O)NC1(C3COCCS3(=O)=O)CCCCC1)C(C)(C)C)C2(C)C. The third-order valence-corrected chi connectivity index (χ3v) is 13.4. The predicted molar refractivity (Wildman–Crippen MR) is 185 cm³/mol. The summed E-state index contributed by atoms with van der Waals surface area (Å²) in [7, 11) is -3.52. The van der Waals surface area contributed by atoms with Gasteiger partial charge in [0.1, 0.15) is 17.3 Å². The Balaban J connectivity index is 1.56. The standard InChI is InChI=1S/C35H57N5O8S/c1-8-10-14-23(27(41)30(43)36-17-9-2)37-29(42)26-25-22(34(25,6)7)20-40(26)31(44)28(33(3,4)5)38-32(45)39-35(15-12-11-13-16-35)24-21-48-18-19-49(24,46)47/h9,22-26,28H,2,8,10-21H2,1,3-7H3,(H,36,43)(H,37,42)(H2,38,39,45)/t22?,23-,24?,25-,26-,28+/m0/s1. The zero-order valence-corrected chi connectivity index (χ0v) is 30.9. The summed E-state index contributed by atoms with van der Waals surface area (Å²) in [5.74, 6) is -2.72. The van der Waals surface area contributed by atoms with E-state index in [2.05, 4.69) is 27.8 Å². The number of rotatable bonds is 13. The number of nitrogens with zero attached hydrogens (tertiary/aromatic N) is 1. The van der Waals surface area contributed by atoms with Crippen LogP contribution in [-0.2, 0) is 33.8 Å². The van der Waals surface area contributed by atoms with E-state index < -0.39 is 73.7 Å². The lowest BCUT2D eigenvalue weighted by Crippen LogP contribution is -2.67. The topological polar surface area (TPSA) is 180 Å².